The van der Waals surface area contributed by atoms with E-state index < -0.39 is 0 Å². The molecule has 7 heteroatoms. The number of aryl methyl sites for hydroxylation is 1. The van der Waals surface area contributed by atoms with Gasteiger partial charge in [-0.25, -0.2) is 4.98 Å². The second kappa shape index (κ2) is 9.24. The Balaban J connectivity index is 1.35. The van der Waals surface area contributed by atoms with E-state index in [-0.39, 0.29) is 5.91 Å². The fourth-order valence-corrected chi connectivity index (χ4v) is 4.34. The van der Waals surface area contributed by atoms with Gasteiger partial charge in [0.1, 0.15) is 5.75 Å². The van der Waals surface area contributed by atoms with Crippen LogP contribution in [0.25, 0.3) is 10.2 Å². The van der Waals surface area contributed by atoms with Crippen molar-refractivity contribution in [2.24, 2.45) is 0 Å². The molecular weight excluding hydrogens is 386 g/mol. The van der Waals surface area contributed by atoms with Gasteiger partial charge in [0.2, 0.25) is 5.91 Å². The van der Waals surface area contributed by atoms with E-state index in [2.05, 4.69) is 10.2 Å². The Morgan fingerprint density at radius 3 is 2.76 bits per heavy atom. The minimum Gasteiger partial charge on any atom is -0.494 e. The Labute approximate surface area is 174 Å². The number of rotatable bonds is 7. The number of carbonyl (C=O) groups excluding carboxylic acids is 1. The highest BCUT2D eigenvalue weighted by molar-refractivity contribution is 7.22. The van der Waals surface area contributed by atoms with Crippen molar-refractivity contribution in [1.82, 2.24) is 4.98 Å². The second-order valence-electron chi connectivity index (χ2n) is 6.90. The zero-order valence-electron chi connectivity index (χ0n) is 16.5. The monoisotopic (exact) mass is 411 g/mol. The standard InChI is InChI=1S/C22H25N3O3S/c1-2-28-18-7-3-16(4-8-18)5-10-21(26)23-17-6-9-19-20(15-17)29-22(24-19)25-11-13-27-14-12-25/h3-4,6-9,15H,2,5,10-14H2,1H3,(H,23,26). The van der Waals surface area contributed by atoms with Crippen molar-refractivity contribution in [3.05, 3.63) is 48.0 Å². The number of anilines is 2. The lowest BCUT2D eigenvalue weighted by Crippen LogP contribution is -2.36. The van der Waals surface area contributed by atoms with Crippen LogP contribution in [0.15, 0.2) is 42.5 Å². The predicted molar refractivity (Wildman–Crippen MR) is 117 cm³/mol. The maximum atomic E-state index is 12.4. The van der Waals surface area contributed by atoms with Gasteiger partial charge in [0.05, 0.1) is 30.0 Å². The number of nitrogens with zero attached hydrogens (tertiary/aromatic N) is 2. The number of carbonyl (C=O) groups is 1. The molecule has 0 unspecified atom stereocenters. The quantitative estimate of drug-likeness (QED) is 0.634. The van der Waals surface area contributed by atoms with Crippen LogP contribution in [0, 0.1) is 0 Å². The summed E-state index contributed by atoms with van der Waals surface area (Å²) in [7, 11) is 0. The molecule has 0 bridgehead atoms. The van der Waals surface area contributed by atoms with E-state index in [1.54, 1.807) is 11.3 Å². The molecule has 0 atom stereocenters. The lowest BCUT2D eigenvalue weighted by Gasteiger charge is -2.25. The number of morpholine rings is 1. The summed E-state index contributed by atoms with van der Waals surface area (Å²) in [5, 5.41) is 4.02. The Morgan fingerprint density at radius 2 is 2.00 bits per heavy atom. The molecular formula is C22H25N3O3S. The summed E-state index contributed by atoms with van der Waals surface area (Å²) in [4.78, 5) is 19.3. The molecule has 1 N–H and O–H groups in total. The molecule has 4 rings (SSSR count). The molecule has 29 heavy (non-hydrogen) atoms. The number of nitrogens with one attached hydrogen (secondary N) is 1. The van der Waals surface area contributed by atoms with Crippen molar-refractivity contribution in [2.75, 3.05) is 43.1 Å². The number of aromatic nitrogens is 1. The number of thiazole rings is 1. The molecule has 2 aromatic carbocycles. The third-order valence-electron chi connectivity index (χ3n) is 4.82. The average Bonchev–Trinajstić information content (AvgIpc) is 3.18. The summed E-state index contributed by atoms with van der Waals surface area (Å²) in [6.07, 6.45) is 1.13. The van der Waals surface area contributed by atoms with Crippen LogP contribution in [0.5, 0.6) is 5.75 Å². The van der Waals surface area contributed by atoms with Crippen LogP contribution in [-0.2, 0) is 16.0 Å². The van der Waals surface area contributed by atoms with Gasteiger partial charge < -0.3 is 19.7 Å². The van der Waals surface area contributed by atoms with E-state index in [1.165, 1.54) is 0 Å². The first-order valence-corrected chi connectivity index (χ1v) is 10.8. The molecule has 0 saturated carbocycles. The van der Waals surface area contributed by atoms with E-state index in [0.717, 1.165) is 58.7 Å². The van der Waals surface area contributed by atoms with E-state index >= 15 is 0 Å². The van der Waals surface area contributed by atoms with Gasteiger partial charge in [-0.05, 0) is 49.2 Å². The molecule has 1 saturated heterocycles. The first-order valence-electron chi connectivity index (χ1n) is 9.96. The predicted octanol–water partition coefficient (Wildman–Crippen LogP) is 4.10. The highest BCUT2D eigenvalue weighted by Gasteiger charge is 2.15. The summed E-state index contributed by atoms with van der Waals surface area (Å²) < 4.78 is 11.9. The molecule has 1 fully saturated rings. The molecule has 0 radical (unpaired) electrons. The maximum Gasteiger partial charge on any atom is 0.224 e. The maximum absolute atomic E-state index is 12.4. The lowest BCUT2D eigenvalue weighted by molar-refractivity contribution is -0.116. The third kappa shape index (κ3) is 5.05. The highest BCUT2D eigenvalue weighted by Crippen LogP contribution is 2.31. The topological polar surface area (TPSA) is 63.7 Å². The number of hydrogen-bond donors (Lipinski definition) is 1. The van der Waals surface area contributed by atoms with Crippen LogP contribution in [-0.4, -0.2) is 43.8 Å². The van der Waals surface area contributed by atoms with Crippen LogP contribution < -0.4 is 15.0 Å². The molecule has 152 valence electrons. The van der Waals surface area contributed by atoms with E-state index in [4.69, 9.17) is 14.5 Å². The van der Waals surface area contributed by atoms with Crippen LogP contribution in [0.4, 0.5) is 10.8 Å². The van der Waals surface area contributed by atoms with Gasteiger partial charge in [-0.3, -0.25) is 4.79 Å². The Hall–Kier alpha value is -2.64. The van der Waals surface area contributed by atoms with Crippen molar-refractivity contribution in [3.63, 3.8) is 0 Å². The molecule has 0 aliphatic carbocycles. The van der Waals surface area contributed by atoms with Crippen molar-refractivity contribution >= 4 is 38.3 Å². The zero-order chi connectivity index (χ0) is 20.1. The van der Waals surface area contributed by atoms with Crippen LogP contribution in [0.1, 0.15) is 18.9 Å². The SMILES string of the molecule is CCOc1ccc(CCC(=O)Nc2ccc3nc(N4CCOCC4)sc3c2)cc1. The number of benzene rings is 2. The summed E-state index contributed by atoms with van der Waals surface area (Å²) in [5.74, 6) is 0.867. The van der Waals surface area contributed by atoms with Crippen molar-refractivity contribution < 1.29 is 14.3 Å². The van der Waals surface area contributed by atoms with E-state index in [1.807, 2.05) is 49.4 Å². The van der Waals surface area contributed by atoms with Crippen molar-refractivity contribution in [2.45, 2.75) is 19.8 Å². The van der Waals surface area contributed by atoms with Crippen molar-refractivity contribution in [3.8, 4) is 5.75 Å². The van der Waals surface area contributed by atoms with Gasteiger partial charge in [-0.2, -0.15) is 0 Å². The summed E-state index contributed by atoms with van der Waals surface area (Å²) in [5.41, 5.74) is 2.90. The summed E-state index contributed by atoms with van der Waals surface area (Å²) >= 11 is 1.66. The molecule has 0 spiro atoms. The molecule has 1 amide bonds. The van der Waals surface area contributed by atoms with Gasteiger partial charge in [-0.1, -0.05) is 23.5 Å². The van der Waals surface area contributed by atoms with Gasteiger partial charge in [0.15, 0.2) is 5.13 Å². The summed E-state index contributed by atoms with van der Waals surface area (Å²) in [6, 6.07) is 13.8. The summed E-state index contributed by atoms with van der Waals surface area (Å²) in [6.45, 7) is 5.84. The molecule has 1 aliphatic heterocycles. The average molecular weight is 412 g/mol. The molecule has 1 aromatic heterocycles. The molecule has 1 aliphatic rings. The first kappa shape index (κ1) is 19.7. The molecule has 2 heterocycles. The van der Waals surface area contributed by atoms with Gasteiger partial charge in [0, 0.05) is 25.2 Å². The number of fused-ring (bicyclic) bond motifs is 1. The fraction of sp³-hybridized carbons (Fsp3) is 0.364. The van der Waals surface area contributed by atoms with E-state index in [0.29, 0.717) is 19.4 Å². The number of hydrogen-bond acceptors (Lipinski definition) is 6. The van der Waals surface area contributed by atoms with Crippen LogP contribution in [0.2, 0.25) is 0 Å². The minimum atomic E-state index is 0.0103. The Kier molecular flexibility index (Phi) is 6.27. The second-order valence-corrected chi connectivity index (χ2v) is 7.91. The van der Waals surface area contributed by atoms with Gasteiger partial charge >= 0.3 is 0 Å². The third-order valence-corrected chi connectivity index (χ3v) is 5.90. The first-order chi connectivity index (χ1) is 14.2. The lowest BCUT2D eigenvalue weighted by atomic mass is 10.1. The fourth-order valence-electron chi connectivity index (χ4n) is 3.28. The normalized spacial score (nSPS) is 14.2. The van der Waals surface area contributed by atoms with E-state index in [9.17, 15) is 4.79 Å². The number of amides is 1. The van der Waals surface area contributed by atoms with Crippen LogP contribution in [0.3, 0.4) is 0 Å². The zero-order valence-corrected chi connectivity index (χ0v) is 17.3. The van der Waals surface area contributed by atoms with Crippen LogP contribution >= 0.6 is 11.3 Å². The molecule has 3 aromatic rings. The Bertz CT molecular complexity index is 965. The molecule has 6 nitrogen and oxygen atoms in total. The minimum absolute atomic E-state index is 0.0103. The highest BCUT2D eigenvalue weighted by atomic mass is 32.1. The van der Waals surface area contributed by atoms with Crippen molar-refractivity contribution in [1.29, 1.82) is 0 Å². The Morgan fingerprint density at radius 1 is 1.21 bits per heavy atom. The largest absolute Gasteiger partial charge is 0.494 e. The van der Waals surface area contributed by atoms with Gasteiger partial charge in [0.25, 0.3) is 0 Å². The smallest absolute Gasteiger partial charge is 0.224 e. The number of ether oxygens (including phenoxy) is 2. The van der Waals surface area contributed by atoms with Gasteiger partial charge in [-0.15, -0.1) is 0 Å².